The maximum Gasteiger partial charge on any atom is 2.00 e. The van der Waals surface area contributed by atoms with Crippen LogP contribution in [0.15, 0.2) is 0 Å². The first-order valence-corrected chi connectivity index (χ1v) is 20.4. The first-order chi connectivity index (χ1) is 13.0. The summed E-state index contributed by atoms with van der Waals surface area (Å²) in [4.78, 5) is 0. The molecule has 0 bridgehead atoms. The molecule has 0 fully saturated rings. The third kappa shape index (κ3) is 34.0. The number of hydrogen-bond donors (Lipinski definition) is 0. The van der Waals surface area contributed by atoms with Gasteiger partial charge in [0.15, 0.2) is 0 Å². The van der Waals surface area contributed by atoms with E-state index < -0.39 is 11.9 Å². The van der Waals surface area contributed by atoms with Crippen LogP contribution in [0.1, 0.15) is 55.4 Å². The van der Waals surface area contributed by atoms with Crippen LogP contribution in [0.25, 0.3) is 0 Å². The summed E-state index contributed by atoms with van der Waals surface area (Å²) >= 11 is -0.750. The molecule has 2 nitrogen and oxygen atoms in total. The predicted molar refractivity (Wildman–Crippen MR) is 146 cm³/mol. The van der Waals surface area contributed by atoms with Crippen LogP contribution in [0.5, 0.6) is 0 Å². The van der Waals surface area contributed by atoms with E-state index in [1.54, 1.807) is 24.6 Å². The van der Waals surface area contributed by atoms with Gasteiger partial charge in [0.2, 0.25) is 0 Å². The molecule has 0 saturated heterocycles. The molecule has 0 N–H and O–H groups in total. The van der Waals surface area contributed by atoms with E-state index in [0.29, 0.717) is 0 Å². The van der Waals surface area contributed by atoms with Crippen LogP contribution in [0.2, 0.25) is 0 Å². The molecule has 0 aliphatic rings. The molecule has 0 aromatic heterocycles. The van der Waals surface area contributed by atoms with Gasteiger partial charge in [0.1, 0.15) is 0 Å². The normalized spacial score (nSPS) is 9.63. The summed E-state index contributed by atoms with van der Waals surface area (Å²) in [5.41, 5.74) is 0. The van der Waals surface area contributed by atoms with Gasteiger partial charge in [0.25, 0.3) is 0 Å². The summed E-state index contributed by atoms with van der Waals surface area (Å²) in [6, 6.07) is 0. The van der Waals surface area contributed by atoms with Gasteiger partial charge >= 0.3 is 33.0 Å². The van der Waals surface area contributed by atoms with Crippen molar-refractivity contribution < 1.29 is 77.8 Å². The molecule has 0 spiro atoms. The van der Waals surface area contributed by atoms with Gasteiger partial charge in [-0.15, -0.1) is 0 Å². The Morgan fingerprint density at radius 1 is 0.500 bits per heavy atom. The summed E-state index contributed by atoms with van der Waals surface area (Å²) < 4.78 is 16.6. The number of hydrogen-bond acceptors (Lipinski definition) is 2. The summed E-state index contributed by atoms with van der Waals surface area (Å²) in [6.45, 7) is 19.0. The van der Waals surface area contributed by atoms with Gasteiger partial charge < -0.3 is 52.5 Å². The molecule has 190 valence electrons. The average molecular weight is 929 g/mol. The Morgan fingerprint density at radius 3 is 0.667 bits per heavy atom. The minimum absolute atomic E-state index is 0. The second-order valence-corrected chi connectivity index (χ2v) is 20.7. The van der Waals surface area contributed by atoms with E-state index in [9.17, 15) is 0 Å². The Bertz CT molecular complexity index is 240. The van der Waals surface area contributed by atoms with Gasteiger partial charge in [0.05, 0.1) is 73.9 Å². The second kappa shape index (κ2) is 40.0. The zero-order valence-electron chi connectivity index (χ0n) is 20.8. The smallest absolute Gasteiger partial charge is 1.00 e. The standard InChI is InChI=1S/2C10H24P2.2HI.O2S.Pt/c2*1-5-11(6-2)9-10-12(7-3)8-4;;;1-3-2;/h2*5-10H2,1-4H3;2*1H;;/q;;;;;+2/p+2. The molecule has 10 heteroatoms. The molecule has 0 aromatic carbocycles. The predicted octanol–water partition coefficient (Wildman–Crippen LogP) is 0.539. The fourth-order valence-electron chi connectivity index (χ4n) is 3.12. The quantitative estimate of drug-likeness (QED) is 0.111. The molecular formula is C20H52I2O2P4PtS+4. The van der Waals surface area contributed by atoms with E-state index in [1.807, 2.05) is 0 Å². The molecule has 0 radical (unpaired) electrons. The Balaban J connectivity index is -0.0000000778. The minimum atomic E-state index is -0.750. The van der Waals surface area contributed by atoms with E-state index in [-0.39, 0.29) is 101 Å². The van der Waals surface area contributed by atoms with Crippen LogP contribution < -0.4 is 48.0 Å². The molecule has 30 heavy (non-hydrogen) atoms. The molecule has 0 aliphatic carbocycles. The SMILES string of the molecule is CC[PH+](CC)CC[PH+](CC)CC.CC[PH+](CC)CC[PH+](CC)CC.O=[S+][O-].[I-].[I-].[Pt+2]. The van der Waals surface area contributed by atoms with E-state index in [2.05, 4.69) is 55.4 Å². The van der Waals surface area contributed by atoms with Gasteiger partial charge in [-0.1, -0.05) is 0 Å². The molecule has 0 rings (SSSR count). The average Bonchev–Trinajstić information content (AvgIpc) is 2.70. The van der Waals surface area contributed by atoms with Gasteiger partial charge in [-0.2, -0.15) is 0 Å². The van der Waals surface area contributed by atoms with Crippen LogP contribution in [-0.2, 0) is 37.2 Å². The van der Waals surface area contributed by atoms with Crippen molar-refractivity contribution in [2.75, 3.05) is 73.9 Å². The molecule has 0 amide bonds. The zero-order valence-corrected chi connectivity index (χ0v) is 32.2. The molecule has 0 aliphatic heterocycles. The van der Waals surface area contributed by atoms with Crippen LogP contribution in [-0.4, -0.2) is 78.5 Å². The number of halogens is 2. The molecule has 0 aromatic rings. The summed E-state index contributed by atoms with van der Waals surface area (Å²) in [5, 5.41) is 0. The van der Waals surface area contributed by atoms with E-state index in [4.69, 9.17) is 8.76 Å². The molecule has 0 heterocycles. The topological polar surface area (TPSA) is 40.1 Å². The Hall–Kier alpha value is 3.85. The third-order valence-electron chi connectivity index (χ3n) is 5.66. The second-order valence-electron chi connectivity index (χ2n) is 6.90. The summed E-state index contributed by atoms with van der Waals surface area (Å²) in [5.74, 6) is 0. The van der Waals surface area contributed by atoms with Crippen molar-refractivity contribution in [3.8, 4) is 0 Å². The van der Waals surface area contributed by atoms with Crippen LogP contribution in [0.4, 0.5) is 0 Å². The maximum absolute atomic E-state index is 8.29. The number of rotatable bonds is 14. The van der Waals surface area contributed by atoms with Gasteiger partial charge in [-0.05, 0) is 55.4 Å². The van der Waals surface area contributed by atoms with E-state index in [0.717, 1.165) is 0 Å². The van der Waals surface area contributed by atoms with Crippen molar-refractivity contribution in [2.24, 2.45) is 0 Å². The van der Waals surface area contributed by atoms with Crippen molar-refractivity contribution in [3.63, 3.8) is 0 Å². The first kappa shape index (κ1) is 47.1. The minimum Gasteiger partial charge on any atom is -1.00 e. The maximum atomic E-state index is 8.29. The molecule has 0 unspecified atom stereocenters. The van der Waals surface area contributed by atoms with Crippen LogP contribution >= 0.6 is 31.7 Å². The Labute approximate surface area is 248 Å². The first-order valence-electron chi connectivity index (χ1n) is 11.2. The van der Waals surface area contributed by atoms with Crippen molar-refractivity contribution in [1.29, 1.82) is 0 Å². The summed E-state index contributed by atoms with van der Waals surface area (Å²) in [7, 11) is 0.349. The van der Waals surface area contributed by atoms with Crippen molar-refractivity contribution in [3.05, 3.63) is 0 Å². The third-order valence-corrected chi connectivity index (χ3v) is 18.5. The van der Waals surface area contributed by atoms with E-state index >= 15 is 0 Å². The van der Waals surface area contributed by atoms with Crippen molar-refractivity contribution in [2.45, 2.75) is 55.4 Å². The molecular weight excluding hydrogens is 877 g/mol. The zero-order chi connectivity index (χ0) is 21.5. The largest absolute Gasteiger partial charge is 2.00 e. The Kier molecular flexibility index (Phi) is 62.8. The van der Waals surface area contributed by atoms with E-state index in [1.165, 1.54) is 49.3 Å². The van der Waals surface area contributed by atoms with Gasteiger partial charge in [0, 0.05) is 35.9 Å². The van der Waals surface area contributed by atoms with Crippen molar-refractivity contribution in [1.82, 2.24) is 0 Å². The van der Waals surface area contributed by atoms with Crippen LogP contribution in [0, 0.1) is 0 Å². The Morgan fingerprint density at radius 2 is 0.600 bits per heavy atom. The van der Waals surface area contributed by atoms with Gasteiger partial charge in [-0.3, -0.25) is 0 Å². The summed E-state index contributed by atoms with van der Waals surface area (Å²) in [6.07, 6.45) is 18.3. The van der Waals surface area contributed by atoms with Crippen molar-refractivity contribution >= 4 is 43.6 Å². The van der Waals surface area contributed by atoms with Gasteiger partial charge in [-0.25, -0.2) is 0 Å². The molecule has 0 atom stereocenters. The fraction of sp³-hybridized carbons (Fsp3) is 1.00. The molecule has 0 saturated carbocycles. The van der Waals surface area contributed by atoms with Crippen LogP contribution in [0.3, 0.4) is 0 Å². The monoisotopic (exact) mass is 929 g/mol. The fourth-order valence-corrected chi connectivity index (χ4v) is 13.6.